The average Bonchev–Trinajstić information content (AvgIpc) is 3.03. The lowest BCUT2D eigenvalue weighted by molar-refractivity contribution is 0.152. The number of nitrogens with one attached hydrogen (secondary N) is 1. The van der Waals surface area contributed by atoms with E-state index in [1.807, 2.05) is 49.9 Å². The molecule has 1 N–H and O–H groups in total. The van der Waals surface area contributed by atoms with Crippen LogP contribution in [0, 0.1) is 6.92 Å². The molecule has 0 spiro atoms. The number of benzene rings is 1. The molecule has 10 heteroatoms. The number of halogens is 2. The Morgan fingerprint density at radius 3 is 2.45 bits per heavy atom. The number of ether oxygens (including phenoxy) is 1. The monoisotopic (exact) mass is 533 g/mol. The fourth-order valence-electron chi connectivity index (χ4n) is 3.10. The highest BCUT2D eigenvalue weighted by Crippen LogP contribution is 2.15. The molecular formula is C19H29ClIN7O. The second-order valence-corrected chi connectivity index (χ2v) is 7.19. The number of aliphatic imine (C=N–C) groups is 1. The van der Waals surface area contributed by atoms with Gasteiger partial charge in [0.2, 0.25) is 0 Å². The lowest BCUT2D eigenvalue weighted by Crippen LogP contribution is -2.53. The zero-order valence-electron chi connectivity index (χ0n) is 17.1. The average molecular weight is 534 g/mol. The molecule has 1 aliphatic heterocycles. The number of hydrogen-bond donors (Lipinski definition) is 1. The van der Waals surface area contributed by atoms with E-state index in [9.17, 15) is 0 Å². The smallest absolute Gasteiger partial charge is 0.194 e. The van der Waals surface area contributed by atoms with Crippen molar-refractivity contribution in [1.82, 2.24) is 29.9 Å². The molecule has 1 fully saturated rings. The first-order valence-electron chi connectivity index (χ1n) is 9.48. The van der Waals surface area contributed by atoms with Crippen molar-refractivity contribution >= 4 is 41.5 Å². The van der Waals surface area contributed by atoms with Gasteiger partial charge in [-0.2, -0.15) is 0 Å². The lowest BCUT2D eigenvalue weighted by Gasteiger charge is -2.36. The van der Waals surface area contributed by atoms with Gasteiger partial charge in [-0.3, -0.25) is 9.89 Å². The van der Waals surface area contributed by atoms with Crippen LogP contribution in [0.4, 0.5) is 0 Å². The van der Waals surface area contributed by atoms with Gasteiger partial charge in [-0.1, -0.05) is 11.6 Å². The second kappa shape index (κ2) is 11.6. The number of aromatic nitrogens is 3. The second-order valence-electron chi connectivity index (χ2n) is 6.75. The SMILES string of the molecule is CN=C(NCc1nnc(C)n1C)N1CCN(CCOc2ccc(Cl)cc2)CC1.I. The van der Waals surface area contributed by atoms with Crippen LogP contribution in [-0.2, 0) is 13.6 Å². The summed E-state index contributed by atoms with van der Waals surface area (Å²) in [4.78, 5) is 9.10. The predicted molar refractivity (Wildman–Crippen MR) is 126 cm³/mol. The standard InChI is InChI=1S/C19H28ClN7O.HI/c1-15-23-24-18(25(15)3)14-22-19(21-2)27-10-8-26(9-11-27)12-13-28-17-6-4-16(20)5-7-17;/h4-7H,8-14H2,1-3H3,(H,21,22);1H. The molecule has 29 heavy (non-hydrogen) atoms. The zero-order valence-corrected chi connectivity index (χ0v) is 20.2. The van der Waals surface area contributed by atoms with Crippen molar-refractivity contribution in [3.8, 4) is 5.75 Å². The maximum absolute atomic E-state index is 5.89. The Hall–Kier alpha value is -1.59. The van der Waals surface area contributed by atoms with Crippen molar-refractivity contribution < 1.29 is 4.74 Å². The van der Waals surface area contributed by atoms with Crippen LogP contribution in [0.25, 0.3) is 0 Å². The summed E-state index contributed by atoms with van der Waals surface area (Å²) in [5, 5.41) is 12.4. The van der Waals surface area contributed by atoms with Gasteiger partial charge in [0.1, 0.15) is 18.2 Å². The quantitative estimate of drug-likeness (QED) is 0.349. The van der Waals surface area contributed by atoms with Crippen LogP contribution in [0.5, 0.6) is 5.75 Å². The fraction of sp³-hybridized carbons (Fsp3) is 0.526. The summed E-state index contributed by atoms with van der Waals surface area (Å²) < 4.78 is 7.78. The van der Waals surface area contributed by atoms with E-state index in [4.69, 9.17) is 16.3 Å². The van der Waals surface area contributed by atoms with E-state index in [0.29, 0.717) is 13.2 Å². The highest BCUT2D eigenvalue weighted by molar-refractivity contribution is 14.0. The van der Waals surface area contributed by atoms with Crippen LogP contribution in [0.1, 0.15) is 11.6 Å². The number of piperazine rings is 1. The Bertz CT molecular complexity index is 788. The number of hydrogen-bond acceptors (Lipinski definition) is 5. The van der Waals surface area contributed by atoms with Gasteiger partial charge < -0.3 is 19.5 Å². The first-order valence-corrected chi connectivity index (χ1v) is 9.86. The number of nitrogens with zero attached hydrogens (tertiary/aromatic N) is 6. The van der Waals surface area contributed by atoms with Crippen molar-refractivity contribution in [3.63, 3.8) is 0 Å². The van der Waals surface area contributed by atoms with Crippen LogP contribution in [0.2, 0.25) is 5.02 Å². The van der Waals surface area contributed by atoms with Crippen LogP contribution >= 0.6 is 35.6 Å². The van der Waals surface area contributed by atoms with E-state index >= 15 is 0 Å². The van der Waals surface area contributed by atoms with Crippen LogP contribution in [-0.4, -0.2) is 76.9 Å². The molecule has 2 heterocycles. The van der Waals surface area contributed by atoms with Gasteiger partial charge in [-0.15, -0.1) is 34.2 Å². The van der Waals surface area contributed by atoms with Crippen LogP contribution in [0.3, 0.4) is 0 Å². The third-order valence-electron chi connectivity index (χ3n) is 4.96. The van der Waals surface area contributed by atoms with E-state index in [-0.39, 0.29) is 24.0 Å². The van der Waals surface area contributed by atoms with Gasteiger partial charge in [0.05, 0.1) is 6.54 Å². The molecule has 0 aliphatic carbocycles. The largest absolute Gasteiger partial charge is 0.492 e. The molecule has 160 valence electrons. The molecule has 0 saturated carbocycles. The molecule has 2 aromatic rings. The van der Waals surface area contributed by atoms with Gasteiger partial charge in [-0.25, -0.2) is 0 Å². The summed E-state index contributed by atoms with van der Waals surface area (Å²) in [5.41, 5.74) is 0. The lowest BCUT2D eigenvalue weighted by atomic mass is 10.3. The third-order valence-corrected chi connectivity index (χ3v) is 5.21. The Kier molecular flexibility index (Phi) is 9.44. The minimum atomic E-state index is 0. The Labute approximate surface area is 194 Å². The van der Waals surface area contributed by atoms with Gasteiger partial charge in [-0.05, 0) is 31.2 Å². The summed E-state index contributed by atoms with van der Waals surface area (Å²) in [5.74, 6) is 3.56. The molecule has 1 aromatic carbocycles. The fourth-order valence-corrected chi connectivity index (χ4v) is 3.23. The number of rotatable bonds is 6. The van der Waals surface area contributed by atoms with E-state index in [1.54, 1.807) is 0 Å². The van der Waals surface area contributed by atoms with Crippen LogP contribution in [0.15, 0.2) is 29.3 Å². The van der Waals surface area contributed by atoms with E-state index < -0.39 is 0 Å². The third kappa shape index (κ3) is 6.71. The van der Waals surface area contributed by atoms with Crippen LogP contribution < -0.4 is 10.1 Å². The van der Waals surface area contributed by atoms with Gasteiger partial charge in [0.25, 0.3) is 0 Å². The normalized spacial score (nSPS) is 15.2. The first-order chi connectivity index (χ1) is 13.6. The van der Waals surface area contributed by atoms with E-state index in [0.717, 1.165) is 61.1 Å². The molecule has 0 amide bonds. The minimum Gasteiger partial charge on any atom is -0.492 e. The molecule has 1 aromatic heterocycles. The molecule has 3 rings (SSSR count). The maximum Gasteiger partial charge on any atom is 0.194 e. The molecule has 0 atom stereocenters. The number of guanidine groups is 1. The molecule has 0 radical (unpaired) electrons. The predicted octanol–water partition coefficient (Wildman–Crippen LogP) is 2.17. The van der Waals surface area contributed by atoms with Crippen molar-refractivity contribution in [2.45, 2.75) is 13.5 Å². The Morgan fingerprint density at radius 1 is 1.17 bits per heavy atom. The molecule has 0 bridgehead atoms. The molecule has 1 saturated heterocycles. The first kappa shape index (κ1) is 23.7. The van der Waals surface area contributed by atoms with E-state index in [1.165, 1.54) is 0 Å². The maximum atomic E-state index is 5.89. The molecule has 0 unspecified atom stereocenters. The molecule has 1 aliphatic rings. The zero-order chi connectivity index (χ0) is 19.9. The summed E-state index contributed by atoms with van der Waals surface area (Å²) in [6.07, 6.45) is 0. The van der Waals surface area contributed by atoms with Crippen molar-refractivity contribution in [2.24, 2.45) is 12.0 Å². The van der Waals surface area contributed by atoms with Gasteiger partial charge in [0.15, 0.2) is 11.8 Å². The van der Waals surface area contributed by atoms with Crippen molar-refractivity contribution in [3.05, 3.63) is 40.9 Å². The summed E-state index contributed by atoms with van der Waals surface area (Å²) in [6, 6.07) is 7.48. The summed E-state index contributed by atoms with van der Waals surface area (Å²) >= 11 is 5.89. The Balaban J connectivity index is 0.00000300. The Morgan fingerprint density at radius 2 is 1.86 bits per heavy atom. The molecule has 8 nitrogen and oxygen atoms in total. The van der Waals surface area contributed by atoms with E-state index in [2.05, 4.69) is 30.3 Å². The van der Waals surface area contributed by atoms with Crippen molar-refractivity contribution in [1.29, 1.82) is 0 Å². The van der Waals surface area contributed by atoms with Gasteiger partial charge >= 0.3 is 0 Å². The molecular weight excluding hydrogens is 505 g/mol. The summed E-state index contributed by atoms with van der Waals surface area (Å²) in [7, 11) is 3.79. The van der Waals surface area contributed by atoms with Gasteiger partial charge in [0, 0.05) is 51.8 Å². The summed E-state index contributed by atoms with van der Waals surface area (Å²) in [6.45, 7) is 7.94. The highest BCUT2D eigenvalue weighted by atomic mass is 127. The number of aryl methyl sites for hydroxylation is 1. The topological polar surface area (TPSA) is 70.8 Å². The minimum absolute atomic E-state index is 0. The van der Waals surface area contributed by atoms with Crippen molar-refractivity contribution in [2.75, 3.05) is 46.4 Å². The highest BCUT2D eigenvalue weighted by Gasteiger charge is 2.19.